The second-order valence-corrected chi connectivity index (χ2v) is 7.68. The first-order chi connectivity index (χ1) is 15.7. The highest BCUT2D eigenvalue weighted by Crippen LogP contribution is 2.36. The van der Waals surface area contributed by atoms with Crippen LogP contribution < -0.4 is 10.5 Å². The predicted octanol–water partition coefficient (Wildman–Crippen LogP) is 6.15. The van der Waals surface area contributed by atoms with Crippen molar-refractivity contribution >= 4 is 16.7 Å². The molecule has 0 saturated heterocycles. The molecule has 2 N–H and O–H groups in total. The van der Waals surface area contributed by atoms with Crippen LogP contribution in [0.5, 0.6) is 5.75 Å². The van der Waals surface area contributed by atoms with Crippen molar-refractivity contribution in [3.8, 4) is 28.3 Å². The number of aromatic nitrogens is 2. The predicted molar refractivity (Wildman–Crippen MR) is 131 cm³/mol. The van der Waals surface area contributed by atoms with Gasteiger partial charge in [-0.25, -0.2) is 9.97 Å². The van der Waals surface area contributed by atoms with Crippen LogP contribution in [0.1, 0.15) is 11.1 Å². The van der Waals surface area contributed by atoms with E-state index in [-0.39, 0.29) is 5.95 Å². The SMILES string of the molecule is COc1ccc(-c2nc(N)nc(-c3cccc4ccccc34)c2Cc2ccccc2)cc1. The van der Waals surface area contributed by atoms with Gasteiger partial charge in [0.05, 0.1) is 18.5 Å². The Morgan fingerprint density at radius 2 is 1.41 bits per heavy atom. The molecule has 1 aromatic heterocycles. The third-order valence-electron chi connectivity index (χ3n) is 5.66. The molecular formula is C28H23N3O. The van der Waals surface area contributed by atoms with E-state index in [1.54, 1.807) is 7.11 Å². The maximum atomic E-state index is 6.25. The summed E-state index contributed by atoms with van der Waals surface area (Å²) in [7, 11) is 1.66. The Morgan fingerprint density at radius 1 is 0.719 bits per heavy atom. The van der Waals surface area contributed by atoms with Gasteiger partial charge in [0.25, 0.3) is 0 Å². The normalized spacial score (nSPS) is 10.9. The molecule has 0 saturated carbocycles. The molecule has 0 aliphatic carbocycles. The molecule has 5 aromatic rings. The van der Waals surface area contributed by atoms with E-state index in [1.165, 1.54) is 10.9 Å². The van der Waals surface area contributed by atoms with Gasteiger partial charge in [-0.2, -0.15) is 0 Å². The lowest BCUT2D eigenvalue weighted by Gasteiger charge is -2.17. The van der Waals surface area contributed by atoms with E-state index >= 15 is 0 Å². The van der Waals surface area contributed by atoms with Crippen LogP contribution in [0.3, 0.4) is 0 Å². The molecule has 0 radical (unpaired) electrons. The van der Waals surface area contributed by atoms with Crippen LogP contribution in [-0.4, -0.2) is 17.1 Å². The highest BCUT2D eigenvalue weighted by atomic mass is 16.5. The maximum Gasteiger partial charge on any atom is 0.221 e. The van der Waals surface area contributed by atoms with E-state index in [4.69, 9.17) is 15.5 Å². The van der Waals surface area contributed by atoms with Crippen LogP contribution in [0.2, 0.25) is 0 Å². The van der Waals surface area contributed by atoms with Crippen molar-refractivity contribution in [1.82, 2.24) is 9.97 Å². The maximum absolute atomic E-state index is 6.25. The minimum atomic E-state index is 0.260. The number of benzene rings is 4. The minimum absolute atomic E-state index is 0.260. The van der Waals surface area contributed by atoms with Crippen LogP contribution in [0.25, 0.3) is 33.3 Å². The number of rotatable bonds is 5. The Balaban J connectivity index is 1.78. The molecule has 0 fully saturated rings. The number of nitrogens with zero attached hydrogens (tertiary/aromatic N) is 2. The van der Waals surface area contributed by atoms with E-state index in [0.717, 1.165) is 39.2 Å². The molecule has 4 heteroatoms. The second kappa shape index (κ2) is 8.52. The largest absolute Gasteiger partial charge is 0.497 e. The van der Waals surface area contributed by atoms with Crippen LogP contribution in [0.4, 0.5) is 5.95 Å². The summed E-state index contributed by atoms with van der Waals surface area (Å²) in [5.41, 5.74) is 12.2. The molecule has 0 bridgehead atoms. The molecule has 0 aliphatic heterocycles. The summed E-state index contributed by atoms with van der Waals surface area (Å²) in [5.74, 6) is 1.06. The summed E-state index contributed by atoms with van der Waals surface area (Å²) in [6, 6.07) is 32.9. The van der Waals surface area contributed by atoms with Gasteiger partial charge in [-0.3, -0.25) is 0 Å². The van der Waals surface area contributed by atoms with Crippen LogP contribution in [-0.2, 0) is 6.42 Å². The molecular weight excluding hydrogens is 394 g/mol. The molecule has 5 rings (SSSR count). The highest BCUT2D eigenvalue weighted by Gasteiger charge is 2.19. The van der Waals surface area contributed by atoms with Crippen LogP contribution in [0, 0.1) is 0 Å². The summed E-state index contributed by atoms with van der Waals surface area (Å²) in [6.45, 7) is 0. The van der Waals surface area contributed by atoms with Crippen molar-refractivity contribution in [3.05, 3.63) is 108 Å². The number of ether oxygens (including phenoxy) is 1. The van der Waals surface area contributed by atoms with Gasteiger partial charge in [0.2, 0.25) is 5.95 Å². The molecule has 0 spiro atoms. The quantitative estimate of drug-likeness (QED) is 0.373. The summed E-state index contributed by atoms with van der Waals surface area (Å²) in [5, 5.41) is 2.31. The number of hydrogen-bond donors (Lipinski definition) is 1. The second-order valence-electron chi connectivity index (χ2n) is 7.68. The van der Waals surface area contributed by atoms with E-state index in [2.05, 4.69) is 65.6 Å². The monoisotopic (exact) mass is 417 g/mol. The summed E-state index contributed by atoms with van der Waals surface area (Å²) in [6.07, 6.45) is 0.695. The number of methoxy groups -OCH3 is 1. The first-order valence-electron chi connectivity index (χ1n) is 10.6. The average Bonchev–Trinajstić information content (AvgIpc) is 2.85. The van der Waals surface area contributed by atoms with Crippen molar-refractivity contribution in [2.75, 3.05) is 12.8 Å². The van der Waals surface area contributed by atoms with Gasteiger partial charge in [0.1, 0.15) is 5.75 Å². The minimum Gasteiger partial charge on any atom is -0.497 e. The zero-order valence-electron chi connectivity index (χ0n) is 17.8. The Morgan fingerprint density at radius 3 is 2.19 bits per heavy atom. The summed E-state index contributed by atoms with van der Waals surface area (Å²) in [4.78, 5) is 9.44. The first kappa shape index (κ1) is 19.8. The number of hydrogen-bond acceptors (Lipinski definition) is 4. The van der Waals surface area contributed by atoms with Gasteiger partial charge in [-0.05, 0) is 40.6 Å². The molecule has 1 heterocycles. The molecule has 0 atom stereocenters. The number of anilines is 1. The summed E-state index contributed by atoms with van der Waals surface area (Å²) >= 11 is 0. The van der Waals surface area contributed by atoms with Crippen molar-refractivity contribution in [2.24, 2.45) is 0 Å². The van der Waals surface area contributed by atoms with Gasteiger partial charge in [0.15, 0.2) is 0 Å². The lowest BCUT2D eigenvalue weighted by molar-refractivity contribution is 0.415. The first-order valence-corrected chi connectivity index (χ1v) is 10.6. The number of fused-ring (bicyclic) bond motifs is 1. The van der Waals surface area contributed by atoms with Crippen LogP contribution in [0.15, 0.2) is 97.1 Å². The Hall–Kier alpha value is -4.18. The standard InChI is InChI=1S/C28H23N3O/c1-32-22-16-14-21(15-17-22)26-25(18-19-8-3-2-4-9-19)27(31-28(29)30-26)24-13-7-11-20-10-5-6-12-23(20)24/h2-17H,18H2,1H3,(H2,29,30,31). The van der Waals surface area contributed by atoms with E-state index in [1.807, 2.05) is 36.4 Å². The zero-order valence-corrected chi connectivity index (χ0v) is 17.8. The van der Waals surface area contributed by atoms with E-state index < -0.39 is 0 Å². The third kappa shape index (κ3) is 3.79. The van der Waals surface area contributed by atoms with E-state index in [0.29, 0.717) is 6.42 Å². The van der Waals surface area contributed by atoms with Crippen molar-refractivity contribution in [2.45, 2.75) is 6.42 Å². The topological polar surface area (TPSA) is 61.0 Å². The molecule has 0 aliphatic rings. The molecule has 0 unspecified atom stereocenters. The lowest BCUT2D eigenvalue weighted by atomic mass is 9.92. The Bertz CT molecular complexity index is 1370. The Kier molecular flexibility index (Phi) is 5.26. The average molecular weight is 418 g/mol. The molecule has 4 nitrogen and oxygen atoms in total. The van der Waals surface area contributed by atoms with E-state index in [9.17, 15) is 0 Å². The Labute approximate surface area is 187 Å². The number of nitrogen functional groups attached to an aromatic ring is 1. The fourth-order valence-corrected chi connectivity index (χ4v) is 4.11. The fourth-order valence-electron chi connectivity index (χ4n) is 4.11. The van der Waals surface area contributed by atoms with Crippen molar-refractivity contribution in [3.63, 3.8) is 0 Å². The highest BCUT2D eigenvalue weighted by molar-refractivity contribution is 5.97. The molecule has 156 valence electrons. The molecule has 0 amide bonds. The summed E-state index contributed by atoms with van der Waals surface area (Å²) < 4.78 is 5.34. The third-order valence-corrected chi connectivity index (χ3v) is 5.66. The lowest BCUT2D eigenvalue weighted by Crippen LogP contribution is -2.06. The number of nitrogens with two attached hydrogens (primary N) is 1. The molecule has 32 heavy (non-hydrogen) atoms. The van der Waals surface area contributed by atoms with Gasteiger partial charge < -0.3 is 10.5 Å². The van der Waals surface area contributed by atoms with Crippen molar-refractivity contribution < 1.29 is 4.74 Å². The van der Waals surface area contributed by atoms with Gasteiger partial charge in [-0.15, -0.1) is 0 Å². The molecule has 4 aromatic carbocycles. The van der Waals surface area contributed by atoms with Crippen LogP contribution >= 0.6 is 0 Å². The van der Waals surface area contributed by atoms with Gasteiger partial charge >= 0.3 is 0 Å². The van der Waals surface area contributed by atoms with Gasteiger partial charge in [0, 0.05) is 23.1 Å². The van der Waals surface area contributed by atoms with Gasteiger partial charge in [-0.1, -0.05) is 72.8 Å². The fraction of sp³-hybridized carbons (Fsp3) is 0.0714. The smallest absolute Gasteiger partial charge is 0.221 e. The van der Waals surface area contributed by atoms with Crippen molar-refractivity contribution in [1.29, 1.82) is 0 Å². The zero-order chi connectivity index (χ0) is 21.9.